The second kappa shape index (κ2) is 11.4. The summed E-state index contributed by atoms with van der Waals surface area (Å²) in [6, 6.07) is 25.4. The first kappa shape index (κ1) is 28.5. The van der Waals surface area contributed by atoms with Gasteiger partial charge in [0.25, 0.3) is 10.0 Å². The summed E-state index contributed by atoms with van der Waals surface area (Å²) in [4.78, 5) is 30.6. The standard InChI is InChI=1S/C33H29N5O6S/c39-33(44-21-29-26-14-6-4-12-24(26)25-13-5-7-15-27(25)29)36-17-8-9-22(20-36)35-31-28-16-18-37(32(28)34-19-30(31)38(40)41)45(42,43)23-10-2-1-3-11-23/h1-7,10-16,18-19,22,29H,8-9,17,20-21H2,(H,34,35). The first-order valence-electron chi connectivity index (χ1n) is 14.6. The minimum absolute atomic E-state index is 0.0657. The number of aromatic nitrogens is 2. The minimum atomic E-state index is -3.99. The number of carbonyl (C=O) groups excluding carboxylic acids is 1. The number of benzene rings is 3. The normalized spacial score (nSPS) is 16.3. The molecule has 12 heteroatoms. The number of rotatable bonds is 7. The van der Waals surface area contributed by atoms with Crippen molar-refractivity contribution in [3.63, 3.8) is 0 Å². The van der Waals surface area contributed by atoms with Crippen LogP contribution >= 0.6 is 0 Å². The van der Waals surface area contributed by atoms with Gasteiger partial charge in [0.05, 0.1) is 15.2 Å². The van der Waals surface area contributed by atoms with E-state index in [2.05, 4.69) is 34.6 Å². The summed E-state index contributed by atoms with van der Waals surface area (Å²) < 4.78 is 33.6. The Balaban J connectivity index is 1.10. The number of amides is 1. The second-order valence-electron chi connectivity index (χ2n) is 11.2. The van der Waals surface area contributed by atoms with Crippen LogP contribution < -0.4 is 5.32 Å². The van der Waals surface area contributed by atoms with Crippen LogP contribution in [0.1, 0.15) is 29.9 Å². The zero-order valence-corrected chi connectivity index (χ0v) is 24.9. The summed E-state index contributed by atoms with van der Waals surface area (Å²) in [7, 11) is -3.99. The lowest BCUT2D eigenvalue weighted by Gasteiger charge is -2.33. The molecule has 2 aliphatic rings. The van der Waals surface area contributed by atoms with E-state index in [1.165, 1.54) is 24.4 Å². The lowest BCUT2D eigenvalue weighted by atomic mass is 9.98. The number of likely N-dealkylation sites (tertiary alicyclic amines) is 1. The van der Waals surface area contributed by atoms with Gasteiger partial charge in [-0.1, -0.05) is 66.7 Å². The minimum Gasteiger partial charge on any atom is -0.448 e. The molecule has 2 aromatic heterocycles. The summed E-state index contributed by atoms with van der Waals surface area (Å²) >= 11 is 0. The quantitative estimate of drug-likeness (QED) is 0.172. The number of hydrogen-bond acceptors (Lipinski definition) is 8. The molecule has 228 valence electrons. The molecule has 1 unspecified atom stereocenters. The van der Waals surface area contributed by atoms with Crippen molar-refractivity contribution in [3.8, 4) is 11.1 Å². The Labute approximate surface area is 259 Å². The molecule has 45 heavy (non-hydrogen) atoms. The van der Waals surface area contributed by atoms with Crippen LogP contribution in [0.25, 0.3) is 22.2 Å². The summed E-state index contributed by atoms with van der Waals surface area (Å²) in [5.74, 6) is -0.0657. The smallest absolute Gasteiger partial charge is 0.409 e. The fraction of sp³-hybridized carbons (Fsp3) is 0.212. The summed E-state index contributed by atoms with van der Waals surface area (Å²) in [6.45, 7) is 0.955. The van der Waals surface area contributed by atoms with Crippen LogP contribution in [0, 0.1) is 10.1 Å². The number of ether oxygens (including phenoxy) is 1. The third-order valence-electron chi connectivity index (χ3n) is 8.52. The van der Waals surface area contributed by atoms with Crippen LogP contribution in [0.5, 0.6) is 0 Å². The van der Waals surface area contributed by atoms with E-state index < -0.39 is 21.0 Å². The summed E-state index contributed by atoms with van der Waals surface area (Å²) in [5.41, 5.74) is 4.48. The molecule has 1 amide bonds. The molecule has 5 aromatic rings. The maximum atomic E-state index is 13.4. The van der Waals surface area contributed by atoms with Crippen LogP contribution in [0.4, 0.5) is 16.2 Å². The largest absolute Gasteiger partial charge is 0.448 e. The SMILES string of the molecule is O=C(OCC1c2ccccc2-c2ccccc21)N1CCCC(Nc2c([N+](=O)[O-])cnc3c2ccn3S(=O)(=O)c2ccccc2)C1. The van der Waals surface area contributed by atoms with Crippen molar-refractivity contribution in [2.45, 2.75) is 29.7 Å². The molecule has 3 heterocycles. The zero-order chi connectivity index (χ0) is 31.1. The van der Waals surface area contributed by atoms with Crippen LogP contribution in [0.2, 0.25) is 0 Å². The molecule has 3 aromatic carbocycles. The van der Waals surface area contributed by atoms with E-state index in [0.29, 0.717) is 24.8 Å². The number of nitro groups is 1. The fourth-order valence-corrected chi connectivity index (χ4v) is 7.72. The Morgan fingerprint density at radius 1 is 0.978 bits per heavy atom. The Kier molecular flexibility index (Phi) is 7.20. The van der Waals surface area contributed by atoms with Gasteiger partial charge in [-0.2, -0.15) is 0 Å². The van der Waals surface area contributed by atoms with Crippen molar-refractivity contribution in [1.82, 2.24) is 13.9 Å². The topological polar surface area (TPSA) is 137 Å². The van der Waals surface area contributed by atoms with Gasteiger partial charge >= 0.3 is 11.8 Å². The van der Waals surface area contributed by atoms with E-state index in [1.54, 1.807) is 23.1 Å². The molecular formula is C33H29N5O6S. The van der Waals surface area contributed by atoms with Gasteiger partial charge in [-0.25, -0.2) is 22.2 Å². The van der Waals surface area contributed by atoms with E-state index in [-0.39, 0.29) is 47.0 Å². The number of nitrogens with zero attached hydrogens (tertiary/aromatic N) is 4. The summed E-state index contributed by atoms with van der Waals surface area (Å²) in [6.07, 6.45) is 3.27. The number of fused-ring (bicyclic) bond motifs is 4. The first-order chi connectivity index (χ1) is 21.8. The summed E-state index contributed by atoms with van der Waals surface area (Å²) in [5, 5.41) is 15.5. The van der Waals surface area contributed by atoms with Crippen molar-refractivity contribution in [2.24, 2.45) is 0 Å². The highest BCUT2D eigenvalue weighted by atomic mass is 32.2. The molecule has 1 aliphatic heterocycles. The van der Waals surface area contributed by atoms with Crippen molar-refractivity contribution in [2.75, 3.05) is 25.0 Å². The van der Waals surface area contributed by atoms with E-state index in [0.717, 1.165) is 32.4 Å². The average molecular weight is 624 g/mol. The molecule has 1 aliphatic carbocycles. The third kappa shape index (κ3) is 5.06. The third-order valence-corrected chi connectivity index (χ3v) is 10.2. The maximum Gasteiger partial charge on any atom is 0.409 e. The van der Waals surface area contributed by atoms with E-state index in [1.807, 2.05) is 24.3 Å². The molecule has 1 atom stereocenters. The van der Waals surface area contributed by atoms with E-state index in [4.69, 9.17) is 4.74 Å². The fourth-order valence-electron chi connectivity index (χ4n) is 6.39. The molecule has 0 radical (unpaired) electrons. The predicted molar refractivity (Wildman–Crippen MR) is 169 cm³/mol. The molecule has 11 nitrogen and oxygen atoms in total. The van der Waals surface area contributed by atoms with Crippen molar-refractivity contribution < 1.29 is 22.9 Å². The Morgan fingerprint density at radius 2 is 1.64 bits per heavy atom. The Morgan fingerprint density at radius 3 is 2.33 bits per heavy atom. The predicted octanol–water partition coefficient (Wildman–Crippen LogP) is 6.01. The second-order valence-corrected chi connectivity index (χ2v) is 13.0. The Bertz CT molecular complexity index is 2000. The zero-order valence-electron chi connectivity index (χ0n) is 24.1. The number of piperidine rings is 1. The molecule has 0 bridgehead atoms. The van der Waals surface area contributed by atoms with Gasteiger partial charge in [0.2, 0.25) is 0 Å². The van der Waals surface area contributed by atoms with Crippen molar-refractivity contribution in [1.29, 1.82) is 0 Å². The van der Waals surface area contributed by atoms with Crippen molar-refractivity contribution in [3.05, 3.63) is 119 Å². The number of nitrogens with one attached hydrogen (secondary N) is 1. The van der Waals surface area contributed by atoms with Gasteiger partial charge < -0.3 is 15.0 Å². The highest BCUT2D eigenvalue weighted by Gasteiger charge is 2.32. The lowest BCUT2D eigenvalue weighted by molar-refractivity contribution is -0.384. The van der Waals surface area contributed by atoms with Gasteiger partial charge in [0.15, 0.2) is 5.65 Å². The Hall–Kier alpha value is -5.23. The molecule has 1 fully saturated rings. The lowest BCUT2D eigenvalue weighted by Crippen LogP contribution is -2.45. The van der Waals surface area contributed by atoms with Gasteiger partial charge in [-0.3, -0.25) is 10.1 Å². The molecular weight excluding hydrogens is 594 g/mol. The molecule has 7 rings (SSSR count). The van der Waals surface area contributed by atoms with Crippen LogP contribution in [-0.2, 0) is 14.8 Å². The monoisotopic (exact) mass is 623 g/mol. The number of hydrogen-bond donors (Lipinski definition) is 1. The van der Waals surface area contributed by atoms with Gasteiger partial charge in [-0.15, -0.1) is 0 Å². The number of anilines is 1. The van der Waals surface area contributed by atoms with Crippen LogP contribution in [0.3, 0.4) is 0 Å². The molecule has 1 saturated heterocycles. The molecule has 0 saturated carbocycles. The van der Waals surface area contributed by atoms with E-state index in [9.17, 15) is 23.3 Å². The van der Waals surface area contributed by atoms with Gasteiger partial charge in [0.1, 0.15) is 18.5 Å². The first-order valence-corrected chi connectivity index (χ1v) is 16.1. The molecule has 1 N–H and O–H groups in total. The average Bonchev–Trinajstić information content (AvgIpc) is 3.65. The van der Waals surface area contributed by atoms with E-state index >= 15 is 0 Å². The van der Waals surface area contributed by atoms with Crippen LogP contribution in [0.15, 0.2) is 102 Å². The van der Waals surface area contributed by atoms with Crippen LogP contribution in [-0.4, -0.2) is 59.0 Å². The highest BCUT2D eigenvalue weighted by Crippen LogP contribution is 2.44. The number of pyridine rings is 1. The van der Waals surface area contributed by atoms with Gasteiger partial charge in [-0.05, 0) is 53.3 Å². The number of carbonyl (C=O) groups is 1. The van der Waals surface area contributed by atoms with Gasteiger partial charge in [0, 0.05) is 31.2 Å². The highest BCUT2D eigenvalue weighted by molar-refractivity contribution is 7.90. The van der Waals surface area contributed by atoms with Crippen molar-refractivity contribution >= 4 is 38.5 Å². The maximum absolute atomic E-state index is 13.4. The molecule has 0 spiro atoms.